The molecular formula is C20H23N3O2S. The van der Waals surface area contributed by atoms with E-state index in [0.29, 0.717) is 24.6 Å². The van der Waals surface area contributed by atoms with Crippen LogP contribution in [-0.2, 0) is 10.4 Å². The minimum absolute atomic E-state index is 0.103. The van der Waals surface area contributed by atoms with Crippen molar-refractivity contribution in [2.45, 2.75) is 25.9 Å². The van der Waals surface area contributed by atoms with Crippen molar-refractivity contribution in [3.8, 4) is 0 Å². The van der Waals surface area contributed by atoms with Gasteiger partial charge in [0, 0.05) is 24.8 Å². The highest BCUT2D eigenvalue weighted by atomic mass is 32.1. The lowest BCUT2D eigenvalue weighted by molar-refractivity contribution is -0.114. The summed E-state index contributed by atoms with van der Waals surface area (Å²) in [5.74, 6) is -0.103. The van der Waals surface area contributed by atoms with Crippen LogP contribution in [0.25, 0.3) is 0 Å². The first kappa shape index (κ1) is 18.4. The fourth-order valence-electron chi connectivity index (χ4n) is 3.11. The van der Waals surface area contributed by atoms with E-state index in [1.165, 1.54) is 12.5 Å². The van der Waals surface area contributed by atoms with Crippen molar-refractivity contribution in [1.82, 2.24) is 4.90 Å². The van der Waals surface area contributed by atoms with Crippen LogP contribution in [0.2, 0.25) is 0 Å². The Hall–Kier alpha value is -2.44. The summed E-state index contributed by atoms with van der Waals surface area (Å²) in [5.41, 5.74) is 2.80. The average molecular weight is 369 g/mol. The van der Waals surface area contributed by atoms with Gasteiger partial charge in [0.05, 0.1) is 6.54 Å². The number of aryl methyl sites for hydroxylation is 1. The Bertz CT molecular complexity index is 805. The molecule has 3 N–H and O–H groups in total. The van der Waals surface area contributed by atoms with Crippen molar-refractivity contribution in [3.63, 3.8) is 0 Å². The zero-order valence-electron chi connectivity index (χ0n) is 15.0. The minimum Gasteiger partial charge on any atom is -0.383 e. The number of likely N-dealkylation sites (tertiary alicyclic amines) is 1. The molecule has 6 heteroatoms. The highest BCUT2D eigenvalue weighted by Gasteiger charge is 2.38. The summed E-state index contributed by atoms with van der Waals surface area (Å²) in [6, 6.07) is 15.4. The predicted molar refractivity (Wildman–Crippen MR) is 108 cm³/mol. The third-order valence-electron chi connectivity index (χ3n) is 4.58. The molecule has 0 saturated carbocycles. The SMILES string of the molecule is CC(=O)Nc1ccc(NC(=S)N2CCC(O)(c3ccc(C)cc3)C2)cc1. The predicted octanol–water partition coefficient (Wildman–Crippen LogP) is 3.24. The topological polar surface area (TPSA) is 64.6 Å². The highest BCUT2D eigenvalue weighted by molar-refractivity contribution is 7.80. The zero-order valence-corrected chi connectivity index (χ0v) is 15.8. The summed E-state index contributed by atoms with van der Waals surface area (Å²) in [7, 11) is 0. The Kier molecular flexibility index (Phi) is 5.25. The summed E-state index contributed by atoms with van der Waals surface area (Å²) in [6.45, 7) is 4.67. The van der Waals surface area contributed by atoms with Gasteiger partial charge in [-0.25, -0.2) is 0 Å². The lowest BCUT2D eigenvalue weighted by atomic mass is 9.92. The number of β-amino-alcohol motifs (C(OH)–C–C–N with tert-alkyl or cyclic N) is 1. The lowest BCUT2D eigenvalue weighted by Crippen LogP contribution is -2.36. The Morgan fingerprint density at radius 3 is 2.23 bits per heavy atom. The summed E-state index contributed by atoms with van der Waals surface area (Å²) >= 11 is 5.51. The molecule has 0 radical (unpaired) electrons. The van der Waals surface area contributed by atoms with Gasteiger partial charge in [-0.3, -0.25) is 4.79 Å². The van der Waals surface area contributed by atoms with Crippen molar-refractivity contribution in [3.05, 3.63) is 59.7 Å². The average Bonchev–Trinajstić information content (AvgIpc) is 3.00. The van der Waals surface area contributed by atoms with Gasteiger partial charge in [-0.2, -0.15) is 0 Å². The van der Waals surface area contributed by atoms with Gasteiger partial charge in [0.15, 0.2) is 5.11 Å². The van der Waals surface area contributed by atoms with E-state index in [4.69, 9.17) is 12.2 Å². The zero-order chi connectivity index (χ0) is 18.7. The monoisotopic (exact) mass is 369 g/mol. The van der Waals surface area contributed by atoms with Crippen molar-refractivity contribution in [2.75, 3.05) is 23.7 Å². The Morgan fingerprint density at radius 2 is 1.65 bits per heavy atom. The van der Waals surface area contributed by atoms with Crippen LogP contribution >= 0.6 is 12.2 Å². The first-order valence-electron chi connectivity index (χ1n) is 8.59. The first-order chi connectivity index (χ1) is 12.4. The van der Waals surface area contributed by atoms with Crippen molar-refractivity contribution >= 4 is 34.6 Å². The maximum absolute atomic E-state index is 11.1. The summed E-state index contributed by atoms with van der Waals surface area (Å²) in [5, 5.41) is 17.5. The number of nitrogens with zero attached hydrogens (tertiary/aromatic N) is 1. The Balaban J connectivity index is 1.62. The van der Waals surface area contributed by atoms with E-state index in [2.05, 4.69) is 10.6 Å². The molecule has 1 aliphatic heterocycles. The molecule has 1 amide bonds. The smallest absolute Gasteiger partial charge is 0.221 e. The van der Waals surface area contributed by atoms with Crippen LogP contribution in [0.3, 0.4) is 0 Å². The molecule has 1 unspecified atom stereocenters. The molecule has 5 nitrogen and oxygen atoms in total. The maximum atomic E-state index is 11.1. The molecule has 1 saturated heterocycles. The molecular weight excluding hydrogens is 346 g/mol. The second-order valence-corrected chi connectivity index (χ2v) is 7.14. The third kappa shape index (κ3) is 4.20. The van der Waals surface area contributed by atoms with Crippen LogP contribution in [0.1, 0.15) is 24.5 Å². The molecule has 1 heterocycles. The second kappa shape index (κ2) is 7.43. The van der Waals surface area contributed by atoms with Crippen LogP contribution in [0.15, 0.2) is 48.5 Å². The number of nitrogens with one attached hydrogen (secondary N) is 2. The van der Waals surface area contributed by atoms with Crippen LogP contribution < -0.4 is 10.6 Å². The molecule has 1 atom stereocenters. The molecule has 2 aromatic carbocycles. The molecule has 26 heavy (non-hydrogen) atoms. The second-order valence-electron chi connectivity index (χ2n) is 6.76. The molecule has 0 bridgehead atoms. The number of amides is 1. The summed E-state index contributed by atoms with van der Waals surface area (Å²) in [4.78, 5) is 13.1. The van der Waals surface area contributed by atoms with E-state index in [9.17, 15) is 9.90 Å². The summed E-state index contributed by atoms with van der Waals surface area (Å²) < 4.78 is 0. The van der Waals surface area contributed by atoms with E-state index >= 15 is 0 Å². The van der Waals surface area contributed by atoms with Crippen LogP contribution in [0.4, 0.5) is 11.4 Å². The van der Waals surface area contributed by atoms with Gasteiger partial charge in [0.1, 0.15) is 5.60 Å². The number of hydrogen-bond acceptors (Lipinski definition) is 3. The van der Waals surface area contributed by atoms with Crippen molar-refractivity contribution in [1.29, 1.82) is 0 Å². The number of anilines is 2. The number of benzene rings is 2. The number of thiocarbonyl (C=S) groups is 1. The van der Waals surface area contributed by atoms with E-state index in [-0.39, 0.29) is 5.91 Å². The highest BCUT2D eigenvalue weighted by Crippen LogP contribution is 2.32. The van der Waals surface area contributed by atoms with Gasteiger partial charge >= 0.3 is 0 Å². The Morgan fingerprint density at radius 1 is 1.08 bits per heavy atom. The number of rotatable bonds is 3. The number of hydrogen-bond donors (Lipinski definition) is 3. The molecule has 0 spiro atoms. The normalized spacial score (nSPS) is 19.3. The Labute approximate surface area is 159 Å². The fraction of sp³-hybridized carbons (Fsp3) is 0.300. The number of aliphatic hydroxyl groups is 1. The molecule has 136 valence electrons. The van der Waals surface area contributed by atoms with Gasteiger partial charge in [-0.1, -0.05) is 29.8 Å². The molecule has 2 aromatic rings. The summed E-state index contributed by atoms with van der Waals surface area (Å²) in [6.07, 6.45) is 0.638. The van der Waals surface area contributed by atoms with Gasteiger partial charge in [0.25, 0.3) is 0 Å². The van der Waals surface area contributed by atoms with Crippen LogP contribution in [0, 0.1) is 6.92 Å². The largest absolute Gasteiger partial charge is 0.383 e. The molecule has 0 aliphatic carbocycles. The molecule has 0 aromatic heterocycles. The fourth-order valence-corrected chi connectivity index (χ4v) is 3.38. The van der Waals surface area contributed by atoms with Crippen molar-refractivity contribution < 1.29 is 9.90 Å². The van der Waals surface area contributed by atoms with Crippen LogP contribution in [0.5, 0.6) is 0 Å². The molecule has 3 rings (SSSR count). The molecule has 1 aliphatic rings. The van der Waals surface area contributed by atoms with Gasteiger partial charge in [-0.15, -0.1) is 0 Å². The van der Waals surface area contributed by atoms with Crippen molar-refractivity contribution in [2.24, 2.45) is 0 Å². The van der Waals surface area contributed by atoms with Gasteiger partial charge in [0.2, 0.25) is 5.91 Å². The number of carbonyl (C=O) groups is 1. The van der Waals surface area contributed by atoms with E-state index in [0.717, 1.165) is 16.9 Å². The lowest BCUT2D eigenvalue weighted by Gasteiger charge is -2.25. The maximum Gasteiger partial charge on any atom is 0.221 e. The first-order valence-corrected chi connectivity index (χ1v) is 9.00. The van der Waals surface area contributed by atoms with Crippen LogP contribution in [-0.4, -0.2) is 34.1 Å². The van der Waals surface area contributed by atoms with E-state index < -0.39 is 5.60 Å². The number of carbonyl (C=O) groups excluding carboxylic acids is 1. The minimum atomic E-state index is -0.880. The molecule has 1 fully saturated rings. The third-order valence-corrected chi connectivity index (χ3v) is 4.94. The van der Waals surface area contributed by atoms with Gasteiger partial charge in [-0.05, 0) is 55.4 Å². The quantitative estimate of drug-likeness (QED) is 0.725. The van der Waals surface area contributed by atoms with Gasteiger partial charge < -0.3 is 20.6 Å². The van der Waals surface area contributed by atoms with E-state index in [1.807, 2.05) is 60.4 Å². The standard InChI is InChI=1S/C20H23N3O2S/c1-14-3-5-16(6-4-14)20(25)11-12-23(13-20)19(26)22-18-9-7-17(8-10-18)21-15(2)24/h3-10,25H,11-13H2,1-2H3,(H,21,24)(H,22,26). The van der Waals surface area contributed by atoms with E-state index in [1.54, 1.807) is 0 Å².